The molecule has 4 nitrogen and oxygen atoms in total. The number of hydrogen-bond donors (Lipinski definition) is 0. The third-order valence-corrected chi connectivity index (χ3v) is 3.85. The highest BCUT2D eigenvalue weighted by Gasteiger charge is 2.45. The maximum absolute atomic E-state index is 12.6. The molecular weight excluding hydrogens is 290 g/mol. The SMILES string of the molecule is C=Cc1ccc(C[C@@H]2COC(C)(C)N2C(=O)OC(C)(C)C)cc1. The van der Waals surface area contributed by atoms with E-state index in [-0.39, 0.29) is 12.1 Å². The average molecular weight is 317 g/mol. The van der Waals surface area contributed by atoms with Gasteiger partial charge in [-0.25, -0.2) is 4.79 Å². The minimum atomic E-state index is -0.659. The van der Waals surface area contributed by atoms with Crippen LogP contribution in [0, 0.1) is 0 Å². The minimum Gasteiger partial charge on any atom is -0.444 e. The molecule has 1 saturated heterocycles. The van der Waals surface area contributed by atoms with Crippen LogP contribution in [0.3, 0.4) is 0 Å². The summed E-state index contributed by atoms with van der Waals surface area (Å²) in [5, 5.41) is 0. The van der Waals surface area contributed by atoms with Crippen LogP contribution in [0.1, 0.15) is 45.7 Å². The number of carbonyl (C=O) groups is 1. The molecule has 1 amide bonds. The number of ether oxygens (including phenoxy) is 2. The Hall–Kier alpha value is -1.81. The van der Waals surface area contributed by atoms with Gasteiger partial charge in [0.25, 0.3) is 0 Å². The Bertz CT molecular complexity index is 569. The van der Waals surface area contributed by atoms with Crippen LogP contribution in [0.2, 0.25) is 0 Å². The van der Waals surface area contributed by atoms with Crippen molar-refractivity contribution in [2.45, 2.75) is 58.4 Å². The Labute approximate surface area is 139 Å². The molecule has 23 heavy (non-hydrogen) atoms. The monoisotopic (exact) mass is 317 g/mol. The van der Waals surface area contributed by atoms with Crippen molar-refractivity contribution in [2.24, 2.45) is 0 Å². The smallest absolute Gasteiger partial charge is 0.412 e. The summed E-state index contributed by atoms with van der Waals surface area (Å²) >= 11 is 0. The fourth-order valence-corrected chi connectivity index (χ4v) is 2.78. The summed E-state index contributed by atoms with van der Waals surface area (Å²) in [4.78, 5) is 14.3. The molecule has 0 aromatic heterocycles. The average Bonchev–Trinajstić information content (AvgIpc) is 2.72. The lowest BCUT2D eigenvalue weighted by atomic mass is 10.0. The van der Waals surface area contributed by atoms with E-state index >= 15 is 0 Å². The first-order valence-corrected chi connectivity index (χ1v) is 8.00. The maximum atomic E-state index is 12.6. The highest BCUT2D eigenvalue weighted by Crippen LogP contribution is 2.31. The molecule has 4 heteroatoms. The van der Waals surface area contributed by atoms with Crippen LogP contribution in [-0.2, 0) is 15.9 Å². The summed E-state index contributed by atoms with van der Waals surface area (Å²) < 4.78 is 11.4. The number of benzene rings is 1. The van der Waals surface area contributed by atoms with Gasteiger partial charge in [-0.2, -0.15) is 0 Å². The van der Waals surface area contributed by atoms with Gasteiger partial charge < -0.3 is 9.47 Å². The van der Waals surface area contributed by atoms with E-state index in [0.29, 0.717) is 6.61 Å². The van der Waals surface area contributed by atoms with E-state index < -0.39 is 11.3 Å². The van der Waals surface area contributed by atoms with Crippen LogP contribution in [0.15, 0.2) is 30.8 Å². The van der Waals surface area contributed by atoms with E-state index in [0.717, 1.165) is 17.5 Å². The van der Waals surface area contributed by atoms with Crippen molar-refractivity contribution in [3.05, 3.63) is 42.0 Å². The van der Waals surface area contributed by atoms with Gasteiger partial charge in [0, 0.05) is 0 Å². The van der Waals surface area contributed by atoms with Gasteiger partial charge in [0.2, 0.25) is 0 Å². The molecule has 1 aromatic carbocycles. The zero-order valence-corrected chi connectivity index (χ0v) is 14.8. The quantitative estimate of drug-likeness (QED) is 0.837. The lowest BCUT2D eigenvalue weighted by Crippen LogP contribution is -2.50. The Kier molecular flexibility index (Phi) is 4.85. The molecule has 126 valence electrons. The number of carbonyl (C=O) groups excluding carboxylic acids is 1. The summed E-state index contributed by atoms with van der Waals surface area (Å²) in [5.41, 5.74) is 1.07. The number of hydrogen-bond acceptors (Lipinski definition) is 3. The molecule has 1 atom stereocenters. The second-order valence-electron chi connectivity index (χ2n) is 7.41. The Balaban J connectivity index is 2.15. The third kappa shape index (κ3) is 4.35. The molecule has 0 spiro atoms. The molecule has 2 rings (SSSR count). The van der Waals surface area contributed by atoms with Crippen LogP contribution in [-0.4, -0.2) is 35.0 Å². The van der Waals surface area contributed by atoms with Crippen LogP contribution >= 0.6 is 0 Å². The molecule has 1 aliphatic heterocycles. The van der Waals surface area contributed by atoms with Crippen LogP contribution in [0.5, 0.6) is 0 Å². The second-order valence-corrected chi connectivity index (χ2v) is 7.41. The summed E-state index contributed by atoms with van der Waals surface area (Å²) in [6.07, 6.45) is 2.23. The Morgan fingerprint density at radius 1 is 1.39 bits per heavy atom. The van der Waals surface area contributed by atoms with E-state index in [2.05, 4.69) is 18.7 Å². The number of rotatable bonds is 3. The normalized spacial score (nSPS) is 20.4. The van der Waals surface area contributed by atoms with Crippen molar-refractivity contribution in [2.75, 3.05) is 6.61 Å². The highest BCUT2D eigenvalue weighted by atomic mass is 16.6. The zero-order valence-electron chi connectivity index (χ0n) is 14.8. The van der Waals surface area contributed by atoms with Crippen LogP contribution in [0.25, 0.3) is 6.08 Å². The summed E-state index contributed by atoms with van der Waals surface area (Å²) in [7, 11) is 0. The van der Waals surface area contributed by atoms with E-state index in [1.807, 2.05) is 52.8 Å². The van der Waals surface area contributed by atoms with Gasteiger partial charge in [0.05, 0.1) is 12.6 Å². The first kappa shape index (κ1) is 17.5. The lowest BCUT2D eigenvalue weighted by molar-refractivity contribution is -0.0624. The van der Waals surface area contributed by atoms with Gasteiger partial charge in [-0.15, -0.1) is 0 Å². The van der Waals surface area contributed by atoms with Crippen molar-refractivity contribution in [3.8, 4) is 0 Å². The largest absolute Gasteiger partial charge is 0.444 e. The van der Waals surface area contributed by atoms with Crippen molar-refractivity contribution in [1.82, 2.24) is 4.90 Å². The van der Waals surface area contributed by atoms with Gasteiger partial charge >= 0.3 is 6.09 Å². The molecule has 1 aliphatic rings. The topological polar surface area (TPSA) is 38.8 Å². The van der Waals surface area contributed by atoms with Gasteiger partial charge in [0.1, 0.15) is 11.3 Å². The predicted octanol–water partition coefficient (Wildman–Crippen LogP) is 4.24. The molecule has 0 aliphatic carbocycles. The summed E-state index contributed by atoms with van der Waals surface area (Å²) in [6, 6.07) is 8.15. The van der Waals surface area contributed by atoms with Crippen molar-refractivity contribution >= 4 is 12.2 Å². The molecule has 0 saturated carbocycles. The lowest BCUT2D eigenvalue weighted by Gasteiger charge is -2.35. The van der Waals surface area contributed by atoms with E-state index in [1.165, 1.54) is 0 Å². The fourth-order valence-electron chi connectivity index (χ4n) is 2.78. The van der Waals surface area contributed by atoms with Crippen molar-refractivity contribution < 1.29 is 14.3 Å². The van der Waals surface area contributed by atoms with Crippen molar-refractivity contribution in [1.29, 1.82) is 0 Å². The zero-order chi connectivity index (χ0) is 17.3. The van der Waals surface area contributed by atoms with Gasteiger partial charge in [0.15, 0.2) is 0 Å². The van der Waals surface area contributed by atoms with E-state index in [9.17, 15) is 4.79 Å². The van der Waals surface area contributed by atoms with Crippen LogP contribution < -0.4 is 0 Å². The van der Waals surface area contributed by atoms with Crippen molar-refractivity contribution in [3.63, 3.8) is 0 Å². The van der Waals surface area contributed by atoms with Gasteiger partial charge in [-0.1, -0.05) is 36.9 Å². The summed E-state index contributed by atoms with van der Waals surface area (Å²) in [5.74, 6) is 0. The standard InChI is InChI=1S/C19H27NO3/c1-7-14-8-10-15(11-9-14)12-16-13-22-19(5,6)20(16)17(21)23-18(2,3)4/h7-11,16H,1,12-13H2,2-6H3/t16-/m1/s1. The Morgan fingerprint density at radius 2 is 2.00 bits per heavy atom. The molecule has 0 unspecified atom stereocenters. The first-order chi connectivity index (χ1) is 10.6. The molecule has 1 heterocycles. The van der Waals surface area contributed by atoms with Gasteiger partial charge in [-0.3, -0.25) is 4.90 Å². The van der Waals surface area contributed by atoms with Crippen LogP contribution in [0.4, 0.5) is 4.79 Å². The van der Waals surface area contributed by atoms with E-state index in [1.54, 1.807) is 4.90 Å². The first-order valence-electron chi connectivity index (χ1n) is 8.00. The molecule has 0 N–H and O–H groups in total. The van der Waals surface area contributed by atoms with Gasteiger partial charge in [-0.05, 0) is 52.2 Å². The Morgan fingerprint density at radius 3 is 2.52 bits per heavy atom. The highest BCUT2D eigenvalue weighted by molar-refractivity contribution is 5.69. The molecule has 0 radical (unpaired) electrons. The summed E-state index contributed by atoms with van der Waals surface area (Å²) in [6.45, 7) is 13.7. The maximum Gasteiger partial charge on any atom is 0.412 e. The van der Waals surface area contributed by atoms with E-state index in [4.69, 9.17) is 9.47 Å². The molecule has 1 fully saturated rings. The second kappa shape index (κ2) is 6.36. The molecular formula is C19H27NO3. The number of nitrogens with zero attached hydrogens (tertiary/aromatic N) is 1. The number of amides is 1. The third-order valence-electron chi connectivity index (χ3n) is 3.85. The minimum absolute atomic E-state index is 0.0329. The fraction of sp³-hybridized carbons (Fsp3) is 0.526. The molecule has 0 bridgehead atoms. The predicted molar refractivity (Wildman–Crippen MR) is 92.1 cm³/mol. The molecule has 1 aromatic rings.